The molecule has 84 valence electrons. The molecule has 0 radical (unpaired) electrons. The maximum absolute atomic E-state index is 2.59. The average Bonchev–Trinajstić information content (AvgIpc) is 2.46. The Bertz CT molecular complexity index is 373. The molecule has 0 amide bonds. The lowest BCUT2D eigenvalue weighted by Crippen LogP contribution is -2.22. The van der Waals surface area contributed by atoms with Crippen molar-refractivity contribution in [1.82, 2.24) is 4.57 Å². The van der Waals surface area contributed by atoms with E-state index in [4.69, 9.17) is 0 Å². The van der Waals surface area contributed by atoms with E-state index in [0.717, 1.165) is 11.8 Å². The summed E-state index contributed by atoms with van der Waals surface area (Å²) < 4.78 is 2.59. The lowest BCUT2D eigenvalue weighted by Gasteiger charge is -2.30. The number of aromatic nitrogens is 1. The van der Waals surface area contributed by atoms with Crippen LogP contribution in [-0.2, 0) is 13.0 Å². The fourth-order valence-electron chi connectivity index (χ4n) is 3.11. The van der Waals surface area contributed by atoms with Crippen LogP contribution < -0.4 is 0 Å². The molecule has 2 heterocycles. The van der Waals surface area contributed by atoms with Gasteiger partial charge in [-0.25, -0.2) is 0 Å². The molecular formula is C14H23N. The van der Waals surface area contributed by atoms with Gasteiger partial charge in [-0.3, -0.25) is 0 Å². The van der Waals surface area contributed by atoms with E-state index in [1.54, 1.807) is 17.0 Å². The zero-order valence-corrected chi connectivity index (χ0v) is 10.7. The SMILES string of the molecule is CCc1c(C)c(C)c2n1CCC(C)C2C. The monoisotopic (exact) mass is 205 g/mol. The van der Waals surface area contributed by atoms with Crippen LogP contribution in [0.25, 0.3) is 0 Å². The van der Waals surface area contributed by atoms with Gasteiger partial charge >= 0.3 is 0 Å². The topological polar surface area (TPSA) is 4.93 Å². The highest BCUT2D eigenvalue weighted by Crippen LogP contribution is 2.38. The fourth-order valence-corrected chi connectivity index (χ4v) is 3.11. The Hall–Kier alpha value is -0.720. The second kappa shape index (κ2) is 3.70. The molecule has 0 spiro atoms. The van der Waals surface area contributed by atoms with Crippen molar-refractivity contribution in [2.75, 3.05) is 0 Å². The van der Waals surface area contributed by atoms with Crippen molar-refractivity contribution in [3.05, 3.63) is 22.5 Å². The van der Waals surface area contributed by atoms with E-state index in [0.29, 0.717) is 0 Å². The molecule has 1 aliphatic heterocycles. The molecule has 0 aromatic carbocycles. The summed E-state index contributed by atoms with van der Waals surface area (Å²) in [5.41, 5.74) is 6.27. The molecule has 1 aliphatic rings. The van der Waals surface area contributed by atoms with Crippen molar-refractivity contribution in [3.8, 4) is 0 Å². The highest BCUT2D eigenvalue weighted by Gasteiger charge is 2.27. The van der Waals surface area contributed by atoms with E-state index in [2.05, 4.69) is 39.2 Å². The lowest BCUT2D eigenvalue weighted by atomic mass is 9.85. The molecule has 1 heteroatoms. The highest BCUT2D eigenvalue weighted by molar-refractivity contribution is 5.39. The molecule has 1 aromatic rings. The maximum Gasteiger partial charge on any atom is 0.0240 e. The van der Waals surface area contributed by atoms with Crippen molar-refractivity contribution in [1.29, 1.82) is 0 Å². The second-order valence-corrected chi connectivity index (χ2v) is 5.14. The van der Waals surface area contributed by atoms with E-state index < -0.39 is 0 Å². The summed E-state index contributed by atoms with van der Waals surface area (Å²) in [5, 5.41) is 0. The smallest absolute Gasteiger partial charge is 0.0240 e. The van der Waals surface area contributed by atoms with E-state index >= 15 is 0 Å². The minimum atomic E-state index is 0.734. The third-order valence-electron chi connectivity index (χ3n) is 4.42. The fraction of sp³-hybridized carbons (Fsp3) is 0.714. The number of hydrogen-bond acceptors (Lipinski definition) is 0. The van der Waals surface area contributed by atoms with Crippen LogP contribution in [-0.4, -0.2) is 4.57 Å². The summed E-state index contributed by atoms with van der Waals surface area (Å²) in [6, 6.07) is 0. The Kier molecular flexibility index (Phi) is 2.66. The van der Waals surface area contributed by atoms with Gasteiger partial charge in [-0.1, -0.05) is 20.8 Å². The summed E-state index contributed by atoms with van der Waals surface area (Å²) in [5.74, 6) is 1.58. The summed E-state index contributed by atoms with van der Waals surface area (Å²) >= 11 is 0. The Labute approximate surface area is 93.5 Å². The minimum absolute atomic E-state index is 0.734. The molecule has 15 heavy (non-hydrogen) atoms. The third kappa shape index (κ3) is 1.44. The minimum Gasteiger partial charge on any atom is -0.348 e. The summed E-state index contributed by atoms with van der Waals surface area (Å²) in [7, 11) is 0. The normalized spacial score (nSPS) is 25.4. The van der Waals surface area contributed by atoms with Crippen LogP contribution >= 0.6 is 0 Å². The average molecular weight is 205 g/mol. The zero-order valence-electron chi connectivity index (χ0n) is 10.7. The van der Waals surface area contributed by atoms with Crippen molar-refractivity contribution < 1.29 is 0 Å². The second-order valence-electron chi connectivity index (χ2n) is 5.14. The summed E-state index contributed by atoms with van der Waals surface area (Å²) in [4.78, 5) is 0. The van der Waals surface area contributed by atoms with Crippen molar-refractivity contribution in [2.24, 2.45) is 5.92 Å². The van der Waals surface area contributed by atoms with Gasteiger partial charge in [0.25, 0.3) is 0 Å². The van der Waals surface area contributed by atoms with Gasteiger partial charge in [0.05, 0.1) is 0 Å². The first kappa shape index (κ1) is 10.8. The van der Waals surface area contributed by atoms with Crippen molar-refractivity contribution in [2.45, 2.75) is 59.9 Å². The third-order valence-corrected chi connectivity index (χ3v) is 4.42. The highest BCUT2D eigenvalue weighted by atomic mass is 15.0. The first-order valence-corrected chi connectivity index (χ1v) is 6.26. The Morgan fingerprint density at radius 2 is 1.87 bits per heavy atom. The van der Waals surface area contributed by atoms with Crippen molar-refractivity contribution >= 4 is 0 Å². The number of nitrogens with zero attached hydrogens (tertiary/aromatic N) is 1. The van der Waals surface area contributed by atoms with Crippen LogP contribution in [0.2, 0.25) is 0 Å². The predicted octanol–water partition coefficient (Wildman–Crippen LogP) is 3.81. The Morgan fingerprint density at radius 3 is 2.47 bits per heavy atom. The molecule has 1 nitrogen and oxygen atoms in total. The summed E-state index contributed by atoms with van der Waals surface area (Å²) in [6.07, 6.45) is 2.52. The van der Waals surface area contributed by atoms with Crippen LogP contribution in [0.3, 0.4) is 0 Å². The Balaban J connectivity index is 2.59. The van der Waals surface area contributed by atoms with Gasteiger partial charge in [-0.05, 0) is 49.7 Å². The van der Waals surface area contributed by atoms with Crippen LogP contribution in [0.4, 0.5) is 0 Å². The lowest BCUT2D eigenvalue weighted by molar-refractivity contribution is 0.352. The quantitative estimate of drug-likeness (QED) is 0.657. The van der Waals surface area contributed by atoms with E-state index in [-0.39, 0.29) is 0 Å². The van der Waals surface area contributed by atoms with Gasteiger partial charge in [0, 0.05) is 17.9 Å². The van der Waals surface area contributed by atoms with Gasteiger partial charge < -0.3 is 4.57 Å². The van der Waals surface area contributed by atoms with Gasteiger partial charge in [0.2, 0.25) is 0 Å². The van der Waals surface area contributed by atoms with Crippen molar-refractivity contribution in [3.63, 3.8) is 0 Å². The molecule has 0 bridgehead atoms. The number of hydrogen-bond donors (Lipinski definition) is 0. The van der Waals surface area contributed by atoms with Crippen LogP contribution in [0.15, 0.2) is 0 Å². The largest absolute Gasteiger partial charge is 0.348 e. The Morgan fingerprint density at radius 1 is 1.20 bits per heavy atom. The van der Waals surface area contributed by atoms with Gasteiger partial charge in [0.15, 0.2) is 0 Å². The molecule has 0 aliphatic carbocycles. The number of fused-ring (bicyclic) bond motifs is 1. The first-order valence-electron chi connectivity index (χ1n) is 6.26. The molecule has 0 fully saturated rings. The van der Waals surface area contributed by atoms with Gasteiger partial charge in [-0.2, -0.15) is 0 Å². The zero-order chi connectivity index (χ0) is 11.2. The van der Waals surface area contributed by atoms with Gasteiger partial charge in [0.1, 0.15) is 0 Å². The molecule has 0 N–H and O–H groups in total. The summed E-state index contributed by atoms with van der Waals surface area (Å²) in [6.45, 7) is 12.9. The first-order chi connectivity index (χ1) is 7.07. The molecule has 0 saturated carbocycles. The number of rotatable bonds is 1. The van der Waals surface area contributed by atoms with Gasteiger partial charge in [-0.15, -0.1) is 0 Å². The van der Waals surface area contributed by atoms with Crippen LogP contribution in [0.1, 0.15) is 55.6 Å². The molecular weight excluding hydrogens is 182 g/mol. The van der Waals surface area contributed by atoms with Crippen LogP contribution in [0.5, 0.6) is 0 Å². The molecule has 0 saturated heterocycles. The molecule has 2 rings (SSSR count). The standard InChI is InChI=1S/C14H23N/c1-6-13-11(4)12(5)14-10(3)9(2)7-8-15(13)14/h9-10H,6-8H2,1-5H3. The van der Waals surface area contributed by atoms with Crippen LogP contribution in [0, 0.1) is 19.8 Å². The van der Waals surface area contributed by atoms with E-state index in [1.165, 1.54) is 24.9 Å². The molecule has 2 unspecified atom stereocenters. The predicted molar refractivity (Wildman–Crippen MR) is 65.5 cm³/mol. The molecule has 2 atom stereocenters. The molecule has 1 aromatic heterocycles. The van der Waals surface area contributed by atoms with E-state index in [9.17, 15) is 0 Å². The van der Waals surface area contributed by atoms with E-state index in [1.807, 2.05) is 0 Å². The maximum atomic E-state index is 2.59.